The summed E-state index contributed by atoms with van der Waals surface area (Å²) in [5, 5.41) is 79.9. The normalized spacial score (nSPS) is 19.0. The van der Waals surface area contributed by atoms with Gasteiger partial charge in [0.05, 0.1) is 37.9 Å². The second kappa shape index (κ2) is 89.8. The number of nitrogens with zero attached hydrogens (tertiary/aromatic N) is 3. The van der Waals surface area contributed by atoms with Crippen molar-refractivity contribution < 1.29 is 116 Å². The SMILES string of the molecule is CCCCC/C=C\C/C=C\C/C=C\CCCCC(=O)NCCCC[C@H](NC(=O)CCC(=O)[C@H](CCCCNC(=O)CCCC/C=C\C/C=C\C/C=C\CCCCC)NC(=O)CCC(=O)[C@H](CCCCNC(=O)CCCC/C=C\C/C=C\C/C=C\CCCCC)NC(=O)CCCCCN=[N+]=[N-])C(=O)CCC(=O)NCCCC[C@H](NC(=O)O[C@@H]1C(O)[C@@H](OC)OC(CO[C@@H]2OC(COC)[C@@H](O)[C@H](O)C2O)[C@H]1O)C(=O)OCC. The van der Waals surface area contributed by atoms with Gasteiger partial charge in [-0.3, -0.25) is 47.9 Å². The van der Waals surface area contributed by atoms with Gasteiger partial charge in [0.1, 0.15) is 48.8 Å². The molecule has 8 amide bonds. The summed E-state index contributed by atoms with van der Waals surface area (Å²) in [5.74, 6) is -4.80. The molecule has 0 aromatic rings. The molecule has 2 saturated heterocycles. The lowest BCUT2D eigenvalue weighted by atomic mass is 9.98. The number of methoxy groups -OCH3 is 2. The zero-order valence-electron chi connectivity index (χ0n) is 88.2. The molecular weight excluding hydrogens is 1860 g/mol. The van der Waals surface area contributed by atoms with Gasteiger partial charge in [0.2, 0.25) is 41.4 Å². The fourth-order valence-electron chi connectivity index (χ4n) is 16.0. The number of azide groups is 1. The lowest BCUT2D eigenvalue weighted by Crippen LogP contribution is -2.62. The Morgan fingerprint density at radius 2 is 0.669 bits per heavy atom. The molecule has 35 nitrogen and oxygen atoms in total. The zero-order chi connectivity index (χ0) is 106. The number of aliphatic hydroxyl groups is 5. The maximum Gasteiger partial charge on any atom is 0.408 e. The first-order valence-corrected chi connectivity index (χ1v) is 54.2. The van der Waals surface area contributed by atoms with Gasteiger partial charge < -0.3 is 101 Å². The minimum Gasteiger partial charge on any atom is -0.464 e. The smallest absolute Gasteiger partial charge is 0.408 e. The molecule has 0 aliphatic carbocycles. The van der Waals surface area contributed by atoms with Crippen LogP contribution >= 0.6 is 0 Å². The number of ether oxygens (including phenoxy) is 7. The first-order chi connectivity index (χ1) is 70.4. The summed E-state index contributed by atoms with van der Waals surface area (Å²) in [6.45, 7) is 8.56. The maximum absolute atomic E-state index is 14.5. The van der Waals surface area contributed by atoms with Gasteiger partial charge in [0.25, 0.3) is 0 Å². The van der Waals surface area contributed by atoms with E-state index >= 15 is 0 Å². The predicted molar refractivity (Wildman–Crippen MR) is 562 cm³/mol. The molecule has 2 aliphatic heterocycles. The highest BCUT2D eigenvalue weighted by Gasteiger charge is 2.50. The Morgan fingerprint density at radius 1 is 0.338 bits per heavy atom. The first-order valence-electron chi connectivity index (χ1n) is 54.2. The van der Waals surface area contributed by atoms with Gasteiger partial charge in [-0.1, -0.05) is 180 Å². The molecular formula is C110H183N11O24. The number of carbonyl (C=O) groups is 12. The average Bonchev–Trinajstić information content (AvgIpc) is 0.802. The average molecular weight is 2040 g/mol. The standard InChI is InChI=1S/C110H183N11O24/c1-7-11-14-17-20-23-26-29-32-35-38-41-44-47-51-68-94(125)112-78-60-55-64-85(117-98(129)71-54-50-59-82-116-121-111)90(123)73-76-100(131)119-87(66-57-62-80-114-96(127)70-53-49-46-43-40-37-34-31-28-25-22-19-16-13-9-3)91(124)74-77-99(130)118-86(65-56-61-79-113-95(126)69-52-48-45-42-39-36-33-30-27-24-21-18-15-12-8-2)89(122)72-75-97(128)115-81-63-58-67-88(107(137)141-10-4)120-110(138)145-106-102(133)93(143-108(140-6)105(106)136)84-142-109-104(135)103(134)101(132)92(144-109)83-139-5/h20-25,29-34,38-43,85-88,92-93,101-106,108-109,132-136H,7-19,26-28,35-37,44-84H2,1-6H3,(H,112,125)(H,113,126)(H,114,127)(H,115,128)(H,117,129)(H,118,130)(H,119,131)(H,120,138)/b23-20-,24-21-,25-22-,32-29-,33-30-,34-31-,41-38-,42-39-,43-40-/t85-,86-,87-,88-,92?,93?,101+,102+,103-,104?,105?,106-,108-,109+/m0/s1. The molecule has 0 spiro atoms. The fraction of sp³-hybridized carbons (Fsp3) is 0.727. The fourth-order valence-corrected chi connectivity index (χ4v) is 16.0. The third-order valence-electron chi connectivity index (χ3n) is 24.7. The van der Waals surface area contributed by atoms with Gasteiger partial charge in [-0.2, -0.15) is 0 Å². The van der Waals surface area contributed by atoms with Crippen molar-refractivity contribution in [3.63, 3.8) is 0 Å². The van der Waals surface area contributed by atoms with Crippen LogP contribution in [0.1, 0.15) is 362 Å². The molecule has 0 radical (unpaired) electrons. The van der Waals surface area contributed by atoms with Crippen molar-refractivity contribution in [2.24, 2.45) is 5.11 Å². The summed E-state index contributed by atoms with van der Waals surface area (Å²) >= 11 is 0. The van der Waals surface area contributed by atoms with Gasteiger partial charge in [-0.15, -0.1) is 0 Å². The zero-order valence-corrected chi connectivity index (χ0v) is 88.2. The Bertz CT molecular complexity index is 3890. The van der Waals surface area contributed by atoms with E-state index in [1.54, 1.807) is 6.92 Å². The summed E-state index contributed by atoms with van der Waals surface area (Å²) in [6, 6.07) is -4.57. The lowest BCUT2D eigenvalue weighted by molar-refractivity contribution is -0.328. The van der Waals surface area contributed by atoms with Crippen molar-refractivity contribution in [1.82, 2.24) is 42.5 Å². The maximum atomic E-state index is 14.5. The Morgan fingerprint density at radius 3 is 1.03 bits per heavy atom. The molecule has 35 heteroatoms. The van der Waals surface area contributed by atoms with Crippen LogP contribution in [0, 0.1) is 0 Å². The first kappa shape index (κ1) is 132. The van der Waals surface area contributed by atoms with E-state index in [2.05, 4.69) is 183 Å². The van der Waals surface area contributed by atoms with Crippen molar-refractivity contribution in [2.75, 3.05) is 66.8 Å². The number of aliphatic hydroxyl groups excluding tert-OH is 5. The van der Waals surface area contributed by atoms with E-state index in [0.29, 0.717) is 96.4 Å². The second-order valence-electron chi connectivity index (χ2n) is 37.2. The van der Waals surface area contributed by atoms with E-state index in [1.807, 2.05) is 0 Å². The number of allylic oxidation sites excluding steroid dienone is 18. The Balaban J connectivity index is 2.29. The number of carbonyl (C=O) groups excluding carboxylic acids is 12. The highest BCUT2D eigenvalue weighted by atomic mass is 16.7. The van der Waals surface area contributed by atoms with E-state index in [1.165, 1.54) is 72.0 Å². The van der Waals surface area contributed by atoms with Crippen LogP contribution in [0.5, 0.6) is 0 Å². The molecule has 13 N–H and O–H groups in total. The molecule has 2 fully saturated rings. The van der Waals surface area contributed by atoms with Crippen LogP contribution < -0.4 is 42.5 Å². The van der Waals surface area contributed by atoms with Gasteiger partial charge in [0.15, 0.2) is 36.0 Å². The number of alkyl carbamates (subject to hydrolysis) is 1. The quantitative estimate of drug-likeness (QED) is 0.00672. The Hall–Kier alpha value is -9.39. The van der Waals surface area contributed by atoms with Crippen molar-refractivity contribution >= 4 is 70.8 Å². The molecule has 2 heterocycles. The van der Waals surface area contributed by atoms with Gasteiger partial charge in [-0.05, 0) is 237 Å². The number of hydrogen-bond donors (Lipinski definition) is 13. The number of Topliss-reactive ketones (excluding diaryl/α,β-unsaturated/α-hetero) is 3. The van der Waals surface area contributed by atoms with Gasteiger partial charge in [0, 0.05) is 116 Å². The molecule has 4 unspecified atom stereocenters. The summed E-state index contributed by atoms with van der Waals surface area (Å²) in [4.78, 5) is 166. The topological polar surface area (TPSA) is 516 Å². The van der Waals surface area contributed by atoms with Crippen LogP contribution in [0.15, 0.2) is 114 Å². The van der Waals surface area contributed by atoms with E-state index in [0.717, 1.165) is 103 Å². The third kappa shape index (κ3) is 68.7. The van der Waals surface area contributed by atoms with Crippen molar-refractivity contribution in [2.45, 2.75) is 447 Å². The number of unbranched alkanes of at least 4 members (excludes halogenated alkanes) is 21. The van der Waals surface area contributed by atoms with Crippen LogP contribution in [0.3, 0.4) is 0 Å². The summed E-state index contributed by atoms with van der Waals surface area (Å²) in [7, 11) is 2.50. The Labute approximate surface area is 864 Å². The van der Waals surface area contributed by atoms with Crippen LogP contribution in [-0.2, 0) is 85.9 Å². The highest BCUT2D eigenvalue weighted by Crippen LogP contribution is 2.29. The molecule has 2 rings (SSSR count). The minimum atomic E-state index is -1.82. The summed E-state index contributed by atoms with van der Waals surface area (Å²) < 4.78 is 37.9. The molecule has 2 aliphatic rings. The van der Waals surface area contributed by atoms with E-state index < -0.39 is 146 Å². The van der Waals surface area contributed by atoms with E-state index in [4.69, 9.17) is 38.7 Å². The molecule has 0 bridgehead atoms. The number of rotatable bonds is 90. The largest absolute Gasteiger partial charge is 0.464 e. The molecule has 0 aromatic heterocycles. The lowest BCUT2D eigenvalue weighted by Gasteiger charge is -2.43. The van der Waals surface area contributed by atoms with Gasteiger partial charge in [-0.25, -0.2) is 9.59 Å². The van der Waals surface area contributed by atoms with Crippen molar-refractivity contribution in [3.05, 3.63) is 120 Å². The van der Waals surface area contributed by atoms with Crippen LogP contribution in [-0.4, -0.2) is 249 Å². The van der Waals surface area contributed by atoms with E-state index in [-0.39, 0.29) is 140 Å². The van der Waals surface area contributed by atoms with Crippen LogP contribution in [0.25, 0.3) is 10.4 Å². The molecule has 0 aromatic carbocycles. The summed E-state index contributed by atoms with van der Waals surface area (Å²) in [6.07, 6.45) is 52.6. The minimum absolute atomic E-state index is 0.0501. The molecule has 822 valence electrons. The van der Waals surface area contributed by atoms with Crippen molar-refractivity contribution in [3.8, 4) is 0 Å². The van der Waals surface area contributed by atoms with Crippen LogP contribution in [0.4, 0.5) is 4.79 Å². The monoisotopic (exact) mass is 2040 g/mol. The highest BCUT2D eigenvalue weighted by molar-refractivity contribution is 5.95. The number of ketones is 3. The number of nitrogens with one attached hydrogen (secondary N) is 8. The molecule has 145 heavy (non-hydrogen) atoms. The summed E-state index contributed by atoms with van der Waals surface area (Å²) in [5.41, 5.74) is 8.72. The number of hydrogen-bond acceptors (Lipinski definition) is 25. The van der Waals surface area contributed by atoms with Crippen LogP contribution in [0.2, 0.25) is 0 Å². The van der Waals surface area contributed by atoms with Gasteiger partial charge >= 0.3 is 12.1 Å². The van der Waals surface area contributed by atoms with Crippen molar-refractivity contribution in [1.29, 1.82) is 0 Å². The second-order valence-corrected chi connectivity index (χ2v) is 37.2. The molecule has 14 atom stereocenters. The third-order valence-corrected chi connectivity index (χ3v) is 24.7. The number of amides is 8. The molecule has 0 saturated carbocycles. The predicted octanol–water partition coefficient (Wildman–Crippen LogP) is 15.9. The Kier molecular flexibility index (Phi) is 81.5. The van der Waals surface area contributed by atoms with E-state index in [9.17, 15) is 83.1 Å². The number of esters is 1.